The number of ether oxygens (including phenoxy) is 1. The van der Waals surface area contributed by atoms with Crippen molar-refractivity contribution in [2.24, 2.45) is 0 Å². The third-order valence-electron chi connectivity index (χ3n) is 4.27. The molecular formula is C19H27BrClNO2. The number of rotatable bonds is 4. The van der Waals surface area contributed by atoms with Crippen LogP contribution in [0.25, 0.3) is 0 Å². The Kier molecular flexibility index (Phi) is 6.99. The Bertz CT molecular complexity index is 565. The van der Waals surface area contributed by atoms with Crippen molar-refractivity contribution in [2.45, 2.75) is 70.9 Å². The number of nitrogens with zero attached hydrogens (tertiary/aromatic N) is 1. The first kappa shape index (κ1) is 19.6. The Balaban J connectivity index is 2.09. The van der Waals surface area contributed by atoms with Gasteiger partial charge in [-0.1, -0.05) is 46.8 Å². The van der Waals surface area contributed by atoms with Crippen LogP contribution in [0, 0.1) is 0 Å². The molecule has 0 heterocycles. The zero-order chi connectivity index (χ0) is 17.7. The standard InChI is InChI=1S/C19H27BrClNO2/c1-19(2,3)24-18(23)22(16-7-5-4-6-8-16)12-11-14-13-15(20)9-10-17(14)21/h9-10,13,16H,4-8,11-12H2,1-3H3. The molecule has 0 atom stereocenters. The van der Waals surface area contributed by atoms with Gasteiger partial charge in [-0.05, 0) is 63.8 Å². The SMILES string of the molecule is CC(C)(C)OC(=O)N(CCc1cc(Br)ccc1Cl)C1CCCCC1. The van der Waals surface area contributed by atoms with Gasteiger partial charge in [-0.3, -0.25) is 0 Å². The molecule has 1 aromatic carbocycles. The van der Waals surface area contributed by atoms with Crippen LogP contribution in [0.4, 0.5) is 4.79 Å². The third kappa shape index (κ3) is 5.96. The molecule has 0 spiro atoms. The van der Waals surface area contributed by atoms with Crippen LogP contribution in [0.1, 0.15) is 58.4 Å². The zero-order valence-corrected chi connectivity index (χ0v) is 17.1. The molecule has 1 aliphatic rings. The van der Waals surface area contributed by atoms with Crippen molar-refractivity contribution in [3.05, 3.63) is 33.3 Å². The second-order valence-electron chi connectivity index (χ2n) is 7.45. The largest absolute Gasteiger partial charge is 0.444 e. The summed E-state index contributed by atoms with van der Waals surface area (Å²) < 4.78 is 6.64. The van der Waals surface area contributed by atoms with Crippen LogP contribution in [0.3, 0.4) is 0 Å². The quantitative estimate of drug-likeness (QED) is 0.583. The van der Waals surface area contributed by atoms with Gasteiger partial charge >= 0.3 is 6.09 Å². The Hall–Kier alpha value is -0.740. The highest BCUT2D eigenvalue weighted by molar-refractivity contribution is 9.10. The van der Waals surface area contributed by atoms with Crippen molar-refractivity contribution < 1.29 is 9.53 Å². The molecule has 1 amide bonds. The van der Waals surface area contributed by atoms with E-state index in [1.807, 2.05) is 43.9 Å². The van der Waals surface area contributed by atoms with Gasteiger partial charge in [0.25, 0.3) is 0 Å². The molecular weight excluding hydrogens is 390 g/mol. The minimum Gasteiger partial charge on any atom is -0.444 e. The summed E-state index contributed by atoms with van der Waals surface area (Å²) >= 11 is 9.78. The highest BCUT2D eigenvalue weighted by Gasteiger charge is 2.29. The number of hydrogen-bond donors (Lipinski definition) is 0. The van der Waals surface area contributed by atoms with E-state index >= 15 is 0 Å². The number of amides is 1. The maximum absolute atomic E-state index is 12.7. The average Bonchev–Trinajstić information content (AvgIpc) is 2.50. The second kappa shape index (κ2) is 8.57. The molecule has 0 N–H and O–H groups in total. The number of benzene rings is 1. The molecule has 5 heteroatoms. The van der Waals surface area contributed by atoms with Crippen LogP contribution in [-0.4, -0.2) is 29.2 Å². The van der Waals surface area contributed by atoms with E-state index in [4.69, 9.17) is 16.3 Å². The van der Waals surface area contributed by atoms with E-state index in [-0.39, 0.29) is 12.1 Å². The number of hydrogen-bond acceptors (Lipinski definition) is 2. The van der Waals surface area contributed by atoms with Crippen molar-refractivity contribution >= 4 is 33.6 Å². The monoisotopic (exact) mass is 415 g/mol. The topological polar surface area (TPSA) is 29.5 Å². The third-order valence-corrected chi connectivity index (χ3v) is 5.14. The lowest BCUT2D eigenvalue weighted by Gasteiger charge is -2.35. The Labute approximate surface area is 158 Å². The van der Waals surface area contributed by atoms with E-state index in [9.17, 15) is 4.79 Å². The van der Waals surface area contributed by atoms with Crippen LogP contribution in [-0.2, 0) is 11.2 Å². The lowest BCUT2D eigenvalue weighted by atomic mass is 9.94. The maximum atomic E-state index is 12.7. The first-order valence-electron chi connectivity index (χ1n) is 8.70. The summed E-state index contributed by atoms with van der Waals surface area (Å²) in [5, 5.41) is 0.742. The predicted molar refractivity (Wildman–Crippen MR) is 103 cm³/mol. The van der Waals surface area contributed by atoms with E-state index in [1.54, 1.807) is 0 Å². The lowest BCUT2D eigenvalue weighted by molar-refractivity contribution is 0.0124. The fraction of sp³-hybridized carbons (Fsp3) is 0.632. The fourth-order valence-corrected chi connectivity index (χ4v) is 3.73. The summed E-state index contributed by atoms with van der Waals surface area (Å²) in [6.45, 7) is 6.37. The smallest absolute Gasteiger partial charge is 0.410 e. The Morgan fingerprint density at radius 2 is 1.96 bits per heavy atom. The molecule has 134 valence electrons. The predicted octanol–water partition coefficient (Wildman–Crippen LogP) is 6.21. The van der Waals surface area contributed by atoms with Gasteiger partial charge in [0, 0.05) is 22.1 Å². The number of halogens is 2. The van der Waals surface area contributed by atoms with Crippen molar-refractivity contribution in [3.8, 4) is 0 Å². The van der Waals surface area contributed by atoms with E-state index < -0.39 is 5.60 Å². The average molecular weight is 417 g/mol. The fourth-order valence-electron chi connectivity index (χ4n) is 3.11. The van der Waals surface area contributed by atoms with Gasteiger partial charge < -0.3 is 9.64 Å². The molecule has 0 aromatic heterocycles. The molecule has 1 fully saturated rings. The molecule has 24 heavy (non-hydrogen) atoms. The zero-order valence-electron chi connectivity index (χ0n) is 14.8. The van der Waals surface area contributed by atoms with Gasteiger partial charge in [-0.2, -0.15) is 0 Å². The van der Waals surface area contributed by atoms with Gasteiger partial charge in [0.1, 0.15) is 5.60 Å². The first-order chi connectivity index (χ1) is 11.3. The Morgan fingerprint density at radius 1 is 1.29 bits per heavy atom. The summed E-state index contributed by atoms with van der Waals surface area (Å²) in [6, 6.07) is 6.12. The highest BCUT2D eigenvalue weighted by atomic mass is 79.9. The molecule has 0 aliphatic heterocycles. The molecule has 0 saturated heterocycles. The lowest BCUT2D eigenvalue weighted by Crippen LogP contribution is -2.45. The van der Waals surface area contributed by atoms with Gasteiger partial charge in [-0.25, -0.2) is 4.79 Å². The molecule has 1 aliphatic carbocycles. The number of carbonyl (C=O) groups excluding carboxylic acids is 1. The summed E-state index contributed by atoms with van der Waals surface area (Å²) in [5.41, 5.74) is 0.577. The first-order valence-corrected chi connectivity index (χ1v) is 9.87. The molecule has 1 aromatic rings. The van der Waals surface area contributed by atoms with Crippen LogP contribution >= 0.6 is 27.5 Å². The maximum Gasteiger partial charge on any atom is 0.410 e. The summed E-state index contributed by atoms with van der Waals surface area (Å²) in [6.07, 6.45) is 6.27. The Morgan fingerprint density at radius 3 is 2.58 bits per heavy atom. The van der Waals surface area contributed by atoms with Crippen LogP contribution in [0.5, 0.6) is 0 Å². The van der Waals surface area contributed by atoms with E-state index in [2.05, 4.69) is 15.9 Å². The summed E-state index contributed by atoms with van der Waals surface area (Å²) in [7, 11) is 0. The number of carbonyl (C=O) groups is 1. The summed E-state index contributed by atoms with van der Waals surface area (Å²) in [5.74, 6) is 0. The van der Waals surface area contributed by atoms with Gasteiger partial charge in [0.05, 0.1) is 0 Å². The van der Waals surface area contributed by atoms with Crippen LogP contribution in [0.15, 0.2) is 22.7 Å². The molecule has 0 unspecified atom stereocenters. The van der Waals surface area contributed by atoms with E-state index in [0.29, 0.717) is 6.54 Å². The minimum atomic E-state index is -0.475. The van der Waals surface area contributed by atoms with Crippen molar-refractivity contribution in [2.75, 3.05) is 6.54 Å². The second-order valence-corrected chi connectivity index (χ2v) is 8.77. The van der Waals surface area contributed by atoms with E-state index in [0.717, 1.165) is 34.3 Å². The van der Waals surface area contributed by atoms with Gasteiger partial charge in [0.2, 0.25) is 0 Å². The van der Waals surface area contributed by atoms with Gasteiger partial charge in [0.15, 0.2) is 0 Å². The molecule has 2 rings (SSSR count). The normalized spacial score (nSPS) is 16.0. The van der Waals surface area contributed by atoms with Crippen LogP contribution < -0.4 is 0 Å². The van der Waals surface area contributed by atoms with Crippen molar-refractivity contribution in [1.29, 1.82) is 0 Å². The van der Waals surface area contributed by atoms with Gasteiger partial charge in [-0.15, -0.1) is 0 Å². The molecule has 0 bridgehead atoms. The molecule has 0 radical (unpaired) electrons. The van der Waals surface area contributed by atoms with E-state index in [1.165, 1.54) is 19.3 Å². The molecule has 1 saturated carbocycles. The highest BCUT2D eigenvalue weighted by Crippen LogP contribution is 2.26. The van der Waals surface area contributed by atoms with Crippen LogP contribution in [0.2, 0.25) is 5.02 Å². The van der Waals surface area contributed by atoms with Crippen molar-refractivity contribution in [3.63, 3.8) is 0 Å². The summed E-state index contributed by atoms with van der Waals surface area (Å²) in [4.78, 5) is 14.6. The molecule has 3 nitrogen and oxygen atoms in total. The van der Waals surface area contributed by atoms with Crippen molar-refractivity contribution in [1.82, 2.24) is 4.90 Å². The minimum absolute atomic E-state index is 0.208.